The normalized spacial score (nSPS) is 10.7. The van der Waals surface area contributed by atoms with Gasteiger partial charge in [-0.1, -0.05) is 30.3 Å². The van der Waals surface area contributed by atoms with Crippen LogP contribution in [0.5, 0.6) is 5.75 Å². The maximum atomic E-state index is 11.7. The molecule has 0 unspecified atom stereocenters. The van der Waals surface area contributed by atoms with Crippen LogP contribution in [-0.4, -0.2) is 15.6 Å². The number of rotatable bonds is 2. The summed E-state index contributed by atoms with van der Waals surface area (Å²) in [4.78, 5) is 11.7. The Balaban J connectivity index is 2.13. The molecular weight excluding hydrogens is 252 g/mol. The summed E-state index contributed by atoms with van der Waals surface area (Å²) >= 11 is 0. The third kappa shape index (κ3) is 2.01. The lowest BCUT2D eigenvalue weighted by molar-refractivity contribution is 0.0942. The molecular formula is C16H14N2O2. The molecule has 4 heteroatoms. The van der Waals surface area contributed by atoms with E-state index in [0.29, 0.717) is 5.69 Å². The number of hydrogen-bond acceptors (Lipinski definition) is 3. The van der Waals surface area contributed by atoms with E-state index >= 15 is 0 Å². The van der Waals surface area contributed by atoms with Gasteiger partial charge in [0.2, 0.25) is 5.91 Å². The van der Waals surface area contributed by atoms with Crippen LogP contribution in [0.25, 0.3) is 10.9 Å². The zero-order valence-electron chi connectivity index (χ0n) is 11.0. The van der Waals surface area contributed by atoms with E-state index < -0.39 is 0 Å². The summed E-state index contributed by atoms with van der Waals surface area (Å²) in [7, 11) is 0. The summed E-state index contributed by atoms with van der Waals surface area (Å²) in [6.07, 6.45) is 1.75. The summed E-state index contributed by atoms with van der Waals surface area (Å²) in [6.45, 7) is 1.52. The Kier molecular flexibility index (Phi) is 2.91. The zero-order chi connectivity index (χ0) is 14.1. The standard InChI is InChI=1S/C16H14N2O2/c1-11(19)18-10-14(12-6-2-4-8-15(12)18)17-13-7-3-5-9-16(13)20/h2-10,17,20H,1H3. The van der Waals surface area contributed by atoms with Crippen LogP contribution in [0, 0.1) is 0 Å². The molecule has 0 saturated carbocycles. The number of para-hydroxylation sites is 3. The van der Waals surface area contributed by atoms with E-state index in [4.69, 9.17) is 0 Å². The summed E-state index contributed by atoms with van der Waals surface area (Å²) in [5.74, 6) is 0.124. The van der Waals surface area contributed by atoms with Crippen molar-refractivity contribution in [1.29, 1.82) is 0 Å². The van der Waals surface area contributed by atoms with Crippen LogP contribution >= 0.6 is 0 Å². The van der Waals surface area contributed by atoms with Crippen molar-refractivity contribution in [3.8, 4) is 5.75 Å². The third-order valence-corrected chi connectivity index (χ3v) is 3.22. The SMILES string of the molecule is CC(=O)n1cc(Nc2ccccc2O)c2ccccc21. The van der Waals surface area contributed by atoms with Gasteiger partial charge in [0.1, 0.15) is 5.75 Å². The molecule has 0 spiro atoms. The number of aromatic nitrogens is 1. The number of phenols is 1. The van der Waals surface area contributed by atoms with Crippen molar-refractivity contribution in [2.75, 3.05) is 5.32 Å². The molecule has 0 saturated heterocycles. The minimum Gasteiger partial charge on any atom is -0.506 e. The van der Waals surface area contributed by atoms with Gasteiger partial charge in [-0.15, -0.1) is 0 Å². The fraction of sp³-hybridized carbons (Fsp3) is 0.0625. The molecule has 0 atom stereocenters. The molecule has 3 rings (SSSR count). The number of nitrogens with zero attached hydrogens (tertiary/aromatic N) is 1. The van der Waals surface area contributed by atoms with Gasteiger partial charge in [-0.25, -0.2) is 0 Å². The van der Waals surface area contributed by atoms with Crippen molar-refractivity contribution in [3.05, 3.63) is 54.7 Å². The molecule has 0 amide bonds. The van der Waals surface area contributed by atoms with Crippen molar-refractivity contribution in [1.82, 2.24) is 4.57 Å². The van der Waals surface area contributed by atoms with Gasteiger partial charge in [-0.2, -0.15) is 0 Å². The molecule has 0 fully saturated rings. The second-order valence-electron chi connectivity index (χ2n) is 4.59. The second kappa shape index (κ2) is 4.74. The smallest absolute Gasteiger partial charge is 0.228 e. The van der Waals surface area contributed by atoms with Crippen molar-refractivity contribution < 1.29 is 9.90 Å². The van der Waals surface area contributed by atoms with E-state index in [1.165, 1.54) is 6.92 Å². The first kappa shape index (κ1) is 12.3. The number of anilines is 2. The van der Waals surface area contributed by atoms with Crippen LogP contribution in [-0.2, 0) is 0 Å². The molecule has 1 aromatic heterocycles. The first-order valence-electron chi connectivity index (χ1n) is 6.33. The Labute approximate surface area is 116 Å². The number of benzene rings is 2. The van der Waals surface area contributed by atoms with Crippen LogP contribution in [0.1, 0.15) is 11.7 Å². The van der Waals surface area contributed by atoms with Crippen LogP contribution in [0.3, 0.4) is 0 Å². The maximum Gasteiger partial charge on any atom is 0.228 e. The summed E-state index contributed by atoms with van der Waals surface area (Å²) in [6, 6.07) is 14.7. The largest absolute Gasteiger partial charge is 0.506 e. The zero-order valence-corrected chi connectivity index (χ0v) is 11.0. The molecule has 4 nitrogen and oxygen atoms in total. The Morgan fingerprint density at radius 1 is 1.05 bits per heavy atom. The van der Waals surface area contributed by atoms with E-state index in [0.717, 1.165) is 16.6 Å². The molecule has 0 aliphatic heterocycles. The van der Waals surface area contributed by atoms with Crippen LogP contribution in [0.4, 0.5) is 11.4 Å². The molecule has 100 valence electrons. The highest BCUT2D eigenvalue weighted by Crippen LogP contribution is 2.31. The van der Waals surface area contributed by atoms with Gasteiger partial charge in [0.05, 0.1) is 16.9 Å². The van der Waals surface area contributed by atoms with Gasteiger partial charge in [0.15, 0.2) is 0 Å². The third-order valence-electron chi connectivity index (χ3n) is 3.22. The lowest BCUT2D eigenvalue weighted by Gasteiger charge is -2.06. The molecule has 2 N–H and O–H groups in total. The van der Waals surface area contributed by atoms with Gasteiger partial charge in [-0.05, 0) is 18.2 Å². The molecule has 1 heterocycles. The minimum absolute atomic E-state index is 0.0495. The monoisotopic (exact) mass is 266 g/mol. The molecule has 2 aromatic carbocycles. The average Bonchev–Trinajstić information content (AvgIpc) is 2.81. The van der Waals surface area contributed by atoms with E-state index in [1.54, 1.807) is 29.0 Å². The topological polar surface area (TPSA) is 54.3 Å². The molecule has 0 aliphatic carbocycles. The van der Waals surface area contributed by atoms with E-state index in [9.17, 15) is 9.90 Å². The molecule has 0 radical (unpaired) electrons. The molecule has 20 heavy (non-hydrogen) atoms. The molecule has 0 aliphatic rings. The van der Waals surface area contributed by atoms with Crippen molar-refractivity contribution in [2.24, 2.45) is 0 Å². The van der Waals surface area contributed by atoms with E-state index in [-0.39, 0.29) is 11.7 Å². The summed E-state index contributed by atoms with van der Waals surface area (Å²) < 4.78 is 1.59. The Hall–Kier alpha value is -2.75. The van der Waals surface area contributed by atoms with Gasteiger partial charge in [0.25, 0.3) is 0 Å². The minimum atomic E-state index is -0.0495. The van der Waals surface area contributed by atoms with Gasteiger partial charge >= 0.3 is 0 Å². The van der Waals surface area contributed by atoms with Gasteiger partial charge in [-0.3, -0.25) is 9.36 Å². The van der Waals surface area contributed by atoms with Crippen molar-refractivity contribution in [2.45, 2.75) is 6.92 Å². The predicted molar refractivity (Wildman–Crippen MR) is 79.6 cm³/mol. The maximum absolute atomic E-state index is 11.7. The van der Waals surface area contributed by atoms with Gasteiger partial charge < -0.3 is 10.4 Å². The van der Waals surface area contributed by atoms with Crippen LogP contribution < -0.4 is 5.32 Å². The number of phenolic OH excluding ortho intramolecular Hbond substituents is 1. The van der Waals surface area contributed by atoms with E-state index in [2.05, 4.69) is 5.32 Å². The first-order valence-corrected chi connectivity index (χ1v) is 6.33. The number of aromatic hydroxyl groups is 1. The Morgan fingerprint density at radius 2 is 1.75 bits per heavy atom. The van der Waals surface area contributed by atoms with E-state index in [1.807, 2.05) is 30.3 Å². The first-order chi connectivity index (χ1) is 9.66. The predicted octanol–water partition coefficient (Wildman–Crippen LogP) is 3.75. The number of carbonyl (C=O) groups is 1. The number of fused-ring (bicyclic) bond motifs is 1. The number of nitrogens with one attached hydrogen (secondary N) is 1. The summed E-state index contributed by atoms with van der Waals surface area (Å²) in [5.41, 5.74) is 2.24. The molecule has 0 bridgehead atoms. The molecule has 3 aromatic rings. The highest BCUT2D eigenvalue weighted by atomic mass is 16.3. The summed E-state index contributed by atoms with van der Waals surface area (Å²) in [5, 5.41) is 13.9. The lowest BCUT2D eigenvalue weighted by atomic mass is 10.2. The van der Waals surface area contributed by atoms with Crippen molar-refractivity contribution in [3.63, 3.8) is 0 Å². The number of hydrogen-bond donors (Lipinski definition) is 2. The highest BCUT2D eigenvalue weighted by molar-refractivity contribution is 6.00. The fourth-order valence-electron chi connectivity index (χ4n) is 2.26. The van der Waals surface area contributed by atoms with Gasteiger partial charge in [0, 0.05) is 18.5 Å². The van der Waals surface area contributed by atoms with Crippen LogP contribution in [0.2, 0.25) is 0 Å². The Bertz CT molecular complexity index is 790. The fourth-order valence-corrected chi connectivity index (χ4v) is 2.26. The number of carbonyl (C=O) groups excluding carboxylic acids is 1. The lowest BCUT2D eigenvalue weighted by Crippen LogP contribution is -2.02. The highest BCUT2D eigenvalue weighted by Gasteiger charge is 2.11. The quantitative estimate of drug-likeness (QED) is 0.694. The second-order valence-corrected chi connectivity index (χ2v) is 4.59. The average molecular weight is 266 g/mol. The Morgan fingerprint density at radius 3 is 2.50 bits per heavy atom. The van der Waals surface area contributed by atoms with Crippen molar-refractivity contribution >= 4 is 28.2 Å². The van der Waals surface area contributed by atoms with Crippen LogP contribution in [0.15, 0.2) is 54.7 Å².